The highest BCUT2D eigenvalue weighted by Crippen LogP contribution is 2.26. The summed E-state index contributed by atoms with van der Waals surface area (Å²) in [6.07, 6.45) is -3.95. The smallest absolute Gasteiger partial charge is 0.487 e. The lowest BCUT2D eigenvalue weighted by atomic mass is 10.3. The largest absolute Gasteiger partial charge is 0.490 e. The number of halogens is 3. The van der Waals surface area contributed by atoms with Gasteiger partial charge in [0.25, 0.3) is 0 Å². The first-order chi connectivity index (χ1) is 12.1. The van der Waals surface area contributed by atoms with Gasteiger partial charge in [0.1, 0.15) is 19.3 Å². The van der Waals surface area contributed by atoms with Crippen LogP contribution in [-0.2, 0) is 4.79 Å². The molecule has 0 heterocycles. The zero-order valence-electron chi connectivity index (χ0n) is 14.6. The van der Waals surface area contributed by atoms with E-state index in [-0.39, 0.29) is 6.61 Å². The molecule has 0 aliphatic carbocycles. The number of benzene rings is 1. The van der Waals surface area contributed by atoms with Gasteiger partial charge in [0, 0.05) is 12.6 Å². The Morgan fingerprint density at radius 3 is 2.19 bits per heavy atom. The van der Waals surface area contributed by atoms with Crippen LogP contribution in [0, 0.1) is 0 Å². The summed E-state index contributed by atoms with van der Waals surface area (Å²) in [5, 5.41) is 20.1. The molecule has 1 atom stereocenters. The quantitative estimate of drug-likeness (QED) is 0.572. The van der Waals surface area contributed by atoms with Gasteiger partial charge in [0.15, 0.2) is 11.5 Å². The molecule has 3 N–H and O–H groups in total. The van der Waals surface area contributed by atoms with Crippen molar-refractivity contribution in [3.05, 3.63) is 36.9 Å². The Balaban J connectivity index is 0.000000758. The molecule has 0 fully saturated rings. The Hall–Kier alpha value is -2.26. The zero-order valence-corrected chi connectivity index (χ0v) is 14.6. The van der Waals surface area contributed by atoms with Crippen molar-refractivity contribution in [1.82, 2.24) is 5.32 Å². The molecule has 1 aromatic carbocycles. The van der Waals surface area contributed by atoms with Crippen molar-refractivity contribution >= 4 is 5.97 Å². The summed E-state index contributed by atoms with van der Waals surface area (Å²) >= 11 is 0. The van der Waals surface area contributed by atoms with Gasteiger partial charge in [-0.25, -0.2) is 4.79 Å². The minimum Gasteiger partial charge on any atom is -0.487 e. The van der Waals surface area contributed by atoms with Crippen LogP contribution in [0.4, 0.5) is 13.2 Å². The highest BCUT2D eigenvalue weighted by atomic mass is 19.4. The molecule has 1 aromatic rings. The summed E-state index contributed by atoms with van der Waals surface area (Å²) in [6, 6.07) is 7.74. The minimum absolute atomic E-state index is 0.230. The van der Waals surface area contributed by atoms with E-state index >= 15 is 0 Å². The fourth-order valence-electron chi connectivity index (χ4n) is 1.45. The van der Waals surface area contributed by atoms with Gasteiger partial charge >= 0.3 is 12.1 Å². The maximum atomic E-state index is 10.6. The van der Waals surface area contributed by atoms with Gasteiger partial charge in [0.05, 0.1) is 0 Å². The molecule has 0 amide bonds. The lowest BCUT2D eigenvalue weighted by Crippen LogP contribution is -2.35. The van der Waals surface area contributed by atoms with E-state index in [9.17, 15) is 18.3 Å². The Morgan fingerprint density at radius 2 is 1.77 bits per heavy atom. The fraction of sp³-hybridized carbons (Fsp3) is 0.471. The number of carboxylic acid groups (broad SMARTS) is 1. The summed E-state index contributed by atoms with van der Waals surface area (Å²) in [5.41, 5.74) is 0. The van der Waals surface area contributed by atoms with Gasteiger partial charge in [-0.05, 0) is 12.1 Å². The Kier molecular flexibility index (Phi) is 11.1. The molecule has 0 spiro atoms. The highest BCUT2D eigenvalue weighted by molar-refractivity contribution is 5.73. The molecular weight excluding hydrogens is 355 g/mol. The van der Waals surface area contributed by atoms with E-state index in [2.05, 4.69) is 11.9 Å². The standard InChI is InChI=1S/C15H23NO3.C2HF3O2/c1-4-9-18-14-7-5-6-8-15(14)19-11-13(17)10-16-12(2)3;3-2(4,5)1(6)7/h4-8,12-13,16-17H,1,9-11H2,2-3H3;(H,6,7). The molecule has 9 heteroatoms. The number of alkyl halides is 3. The number of carbonyl (C=O) groups is 1. The van der Waals surface area contributed by atoms with Crippen LogP contribution in [0.5, 0.6) is 11.5 Å². The van der Waals surface area contributed by atoms with Gasteiger partial charge in [0.2, 0.25) is 0 Å². The van der Waals surface area contributed by atoms with Gasteiger partial charge in [-0.2, -0.15) is 13.2 Å². The fourth-order valence-corrected chi connectivity index (χ4v) is 1.45. The molecule has 0 radical (unpaired) electrons. The van der Waals surface area contributed by atoms with Crippen LogP contribution in [0.3, 0.4) is 0 Å². The van der Waals surface area contributed by atoms with Gasteiger partial charge < -0.3 is 25.0 Å². The van der Waals surface area contributed by atoms with Crippen LogP contribution in [0.2, 0.25) is 0 Å². The third-order valence-corrected chi connectivity index (χ3v) is 2.64. The molecule has 0 aliphatic heterocycles. The monoisotopic (exact) mass is 379 g/mol. The van der Waals surface area contributed by atoms with E-state index in [4.69, 9.17) is 19.4 Å². The Bertz CT molecular complexity index is 549. The number of carboxylic acids is 1. The minimum atomic E-state index is -5.08. The van der Waals surface area contributed by atoms with Crippen molar-refractivity contribution in [3.63, 3.8) is 0 Å². The first kappa shape index (κ1) is 23.7. The second-order valence-electron chi connectivity index (χ2n) is 5.38. The maximum absolute atomic E-state index is 10.6. The molecule has 0 saturated carbocycles. The van der Waals surface area contributed by atoms with Gasteiger partial charge in [-0.15, -0.1) is 0 Å². The van der Waals surface area contributed by atoms with E-state index in [1.807, 2.05) is 38.1 Å². The topological polar surface area (TPSA) is 88.0 Å². The molecular formula is C17H24F3NO5. The van der Waals surface area contributed by atoms with E-state index < -0.39 is 18.2 Å². The number of aliphatic hydroxyl groups excluding tert-OH is 1. The predicted molar refractivity (Wildman–Crippen MR) is 90.5 cm³/mol. The molecule has 1 rings (SSSR count). The van der Waals surface area contributed by atoms with Crippen molar-refractivity contribution in [2.75, 3.05) is 19.8 Å². The van der Waals surface area contributed by atoms with Gasteiger partial charge in [-0.1, -0.05) is 38.6 Å². The molecule has 148 valence electrons. The second kappa shape index (κ2) is 12.2. The van der Waals surface area contributed by atoms with Gasteiger partial charge in [-0.3, -0.25) is 0 Å². The van der Waals surface area contributed by atoms with Crippen molar-refractivity contribution in [2.24, 2.45) is 0 Å². The van der Waals surface area contributed by atoms with Crippen LogP contribution in [0.15, 0.2) is 36.9 Å². The molecule has 6 nitrogen and oxygen atoms in total. The molecule has 26 heavy (non-hydrogen) atoms. The van der Waals surface area contributed by atoms with E-state index in [1.54, 1.807) is 6.08 Å². The van der Waals surface area contributed by atoms with Crippen LogP contribution in [0.1, 0.15) is 13.8 Å². The number of aliphatic hydroxyl groups is 1. The zero-order chi connectivity index (χ0) is 20.2. The van der Waals surface area contributed by atoms with Crippen LogP contribution in [-0.4, -0.2) is 54.3 Å². The summed E-state index contributed by atoms with van der Waals surface area (Å²) in [7, 11) is 0. The number of para-hydroxylation sites is 2. The number of aliphatic carboxylic acids is 1. The van der Waals surface area contributed by atoms with E-state index in [1.165, 1.54) is 0 Å². The molecule has 0 saturated heterocycles. The van der Waals surface area contributed by atoms with Crippen molar-refractivity contribution < 1.29 is 37.7 Å². The molecule has 1 unspecified atom stereocenters. The van der Waals surface area contributed by atoms with Crippen molar-refractivity contribution in [2.45, 2.75) is 32.2 Å². The first-order valence-corrected chi connectivity index (χ1v) is 7.75. The van der Waals surface area contributed by atoms with E-state index in [0.717, 1.165) is 0 Å². The number of hydrogen-bond acceptors (Lipinski definition) is 5. The first-order valence-electron chi connectivity index (χ1n) is 7.75. The van der Waals surface area contributed by atoms with E-state index in [0.29, 0.717) is 30.7 Å². The van der Waals surface area contributed by atoms with Crippen LogP contribution < -0.4 is 14.8 Å². The molecule has 0 bridgehead atoms. The lowest BCUT2D eigenvalue weighted by Gasteiger charge is -2.16. The SMILES string of the molecule is C=CCOc1ccccc1OCC(O)CNC(C)C.O=C(O)C(F)(F)F. The van der Waals surface area contributed by atoms with Crippen molar-refractivity contribution in [1.29, 1.82) is 0 Å². The number of rotatable bonds is 9. The maximum Gasteiger partial charge on any atom is 0.490 e. The number of ether oxygens (including phenoxy) is 2. The average Bonchev–Trinajstić information content (AvgIpc) is 2.56. The Morgan fingerprint density at radius 1 is 1.27 bits per heavy atom. The summed E-state index contributed by atoms with van der Waals surface area (Å²) in [5.74, 6) is -1.47. The molecule has 0 aliphatic rings. The Labute approximate surface area is 150 Å². The van der Waals surface area contributed by atoms with Crippen LogP contribution >= 0.6 is 0 Å². The third-order valence-electron chi connectivity index (χ3n) is 2.64. The molecule has 0 aromatic heterocycles. The summed E-state index contributed by atoms with van der Waals surface area (Å²) in [6.45, 7) is 8.84. The summed E-state index contributed by atoms with van der Waals surface area (Å²) in [4.78, 5) is 8.90. The normalized spacial score (nSPS) is 12.0. The predicted octanol–water partition coefficient (Wildman–Crippen LogP) is 2.62. The summed E-state index contributed by atoms with van der Waals surface area (Å²) < 4.78 is 42.8. The van der Waals surface area contributed by atoms with Crippen LogP contribution in [0.25, 0.3) is 0 Å². The third kappa shape index (κ3) is 11.3. The van der Waals surface area contributed by atoms with Crippen molar-refractivity contribution in [3.8, 4) is 11.5 Å². The average molecular weight is 379 g/mol. The highest BCUT2D eigenvalue weighted by Gasteiger charge is 2.38. The number of nitrogens with one attached hydrogen (secondary N) is 1. The second-order valence-corrected chi connectivity index (χ2v) is 5.38. The lowest BCUT2D eigenvalue weighted by molar-refractivity contribution is -0.192. The number of hydrogen-bond donors (Lipinski definition) is 3.